The van der Waals surface area contributed by atoms with Gasteiger partial charge in [-0.3, -0.25) is 0 Å². The molecule has 0 aromatic carbocycles. The molecule has 18 heavy (non-hydrogen) atoms. The monoisotopic (exact) mass is 291 g/mol. The lowest BCUT2D eigenvalue weighted by atomic mass is 10.0. The smallest absolute Gasteiger partial charge is 0.357 e. The second-order valence-electron chi connectivity index (χ2n) is 5.04. The fourth-order valence-electron chi connectivity index (χ4n) is 1.33. The second kappa shape index (κ2) is 5.36. The number of rotatable bonds is 4. The molecule has 0 N–H and O–H groups in total. The van der Waals surface area contributed by atoms with E-state index < -0.39 is 15.8 Å². The maximum Gasteiger partial charge on any atom is 0.357 e. The highest BCUT2D eigenvalue weighted by molar-refractivity contribution is 7.93. The van der Waals surface area contributed by atoms with Crippen molar-refractivity contribution in [1.29, 1.82) is 0 Å². The highest BCUT2D eigenvalue weighted by atomic mass is 32.2. The van der Waals surface area contributed by atoms with Gasteiger partial charge in [-0.15, -0.1) is 11.3 Å². The van der Waals surface area contributed by atoms with E-state index in [1.807, 2.05) is 20.8 Å². The molecule has 0 spiro atoms. The lowest BCUT2D eigenvalue weighted by molar-refractivity contribution is 0.0520. The van der Waals surface area contributed by atoms with Crippen molar-refractivity contribution in [1.82, 2.24) is 4.98 Å². The zero-order valence-corrected chi connectivity index (χ0v) is 12.5. The van der Waals surface area contributed by atoms with Crippen LogP contribution in [-0.2, 0) is 14.6 Å². The summed E-state index contributed by atoms with van der Waals surface area (Å²) in [5.74, 6) is -0.596. The van der Waals surface area contributed by atoms with E-state index in [9.17, 15) is 13.2 Å². The van der Waals surface area contributed by atoms with Crippen molar-refractivity contribution in [2.75, 3.05) is 12.4 Å². The first kappa shape index (κ1) is 15.1. The Labute approximate surface area is 111 Å². The molecule has 0 fully saturated rings. The van der Waals surface area contributed by atoms with Gasteiger partial charge in [-0.2, -0.15) is 0 Å². The molecule has 1 aromatic rings. The Morgan fingerprint density at radius 2 is 2.06 bits per heavy atom. The largest absolute Gasteiger partial charge is 0.461 e. The van der Waals surface area contributed by atoms with Crippen molar-refractivity contribution in [3.8, 4) is 0 Å². The summed E-state index contributed by atoms with van der Waals surface area (Å²) in [7, 11) is -3.45. The molecule has 0 radical (unpaired) electrons. The molecule has 0 aliphatic rings. The van der Waals surface area contributed by atoms with E-state index in [0.717, 1.165) is 11.3 Å². The molecule has 1 rings (SSSR count). The molecule has 5 nitrogen and oxygen atoms in total. The highest BCUT2D eigenvalue weighted by Crippen LogP contribution is 2.24. The molecule has 7 heteroatoms. The van der Waals surface area contributed by atoms with Gasteiger partial charge in [0.2, 0.25) is 14.2 Å². The van der Waals surface area contributed by atoms with Crippen LogP contribution in [-0.4, -0.2) is 31.7 Å². The van der Waals surface area contributed by atoms with Gasteiger partial charge < -0.3 is 4.74 Å². The van der Waals surface area contributed by atoms with E-state index in [1.165, 1.54) is 5.38 Å². The molecule has 0 unspecified atom stereocenters. The van der Waals surface area contributed by atoms with Crippen LogP contribution in [0.2, 0.25) is 0 Å². The SMILES string of the molecule is CCOC(=O)c1csc(S(=O)(=O)CC(C)(C)C)n1. The highest BCUT2D eigenvalue weighted by Gasteiger charge is 2.27. The average Bonchev–Trinajstić information content (AvgIpc) is 2.63. The minimum absolute atomic E-state index is 0.00419. The lowest BCUT2D eigenvalue weighted by Gasteiger charge is -2.16. The summed E-state index contributed by atoms with van der Waals surface area (Å²) in [6.07, 6.45) is 0. The molecule has 0 atom stereocenters. The summed E-state index contributed by atoms with van der Waals surface area (Å²) < 4.78 is 28.8. The normalized spacial score (nSPS) is 12.4. The number of ether oxygens (including phenoxy) is 1. The van der Waals surface area contributed by atoms with Gasteiger partial charge in [-0.1, -0.05) is 20.8 Å². The van der Waals surface area contributed by atoms with Crippen molar-refractivity contribution < 1.29 is 17.9 Å². The van der Waals surface area contributed by atoms with Crippen LogP contribution >= 0.6 is 11.3 Å². The molecule has 0 saturated heterocycles. The van der Waals surface area contributed by atoms with Gasteiger partial charge in [0.25, 0.3) is 0 Å². The van der Waals surface area contributed by atoms with Gasteiger partial charge >= 0.3 is 5.97 Å². The minimum Gasteiger partial charge on any atom is -0.461 e. The van der Waals surface area contributed by atoms with Crippen LogP contribution in [0.15, 0.2) is 9.72 Å². The maximum atomic E-state index is 12.0. The first-order chi connectivity index (χ1) is 8.15. The number of hydrogen-bond acceptors (Lipinski definition) is 6. The molecule has 0 bridgehead atoms. The van der Waals surface area contributed by atoms with Crippen LogP contribution in [0.3, 0.4) is 0 Å². The van der Waals surface area contributed by atoms with E-state index in [-0.39, 0.29) is 27.8 Å². The van der Waals surface area contributed by atoms with Crippen LogP contribution in [0.5, 0.6) is 0 Å². The molecule has 0 amide bonds. The number of carbonyl (C=O) groups excluding carboxylic acids is 1. The summed E-state index contributed by atoms with van der Waals surface area (Å²) in [6.45, 7) is 7.43. The Balaban J connectivity index is 2.95. The third-order valence-corrected chi connectivity index (χ3v) is 5.41. The maximum absolute atomic E-state index is 12.0. The predicted octanol–water partition coefficient (Wildman–Crippen LogP) is 2.14. The molecule has 0 aliphatic carbocycles. The predicted molar refractivity (Wildman–Crippen MR) is 69.6 cm³/mol. The quantitative estimate of drug-likeness (QED) is 0.795. The van der Waals surface area contributed by atoms with E-state index in [1.54, 1.807) is 6.92 Å². The zero-order chi connectivity index (χ0) is 14.0. The van der Waals surface area contributed by atoms with Crippen LogP contribution in [0.1, 0.15) is 38.2 Å². The van der Waals surface area contributed by atoms with Gasteiger partial charge in [-0.25, -0.2) is 18.2 Å². The lowest BCUT2D eigenvalue weighted by Crippen LogP contribution is -2.21. The molecular weight excluding hydrogens is 274 g/mol. The van der Waals surface area contributed by atoms with Gasteiger partial charge in [0.15, 0.2) is 5.69 Å². The fourth-order valence-corrected chi connectivity index (χ4v) is 4.25. The fraction of sp³-hybridized carbons (Fsp3) is 0.636. The summed E-state index contributed by atoms with van der Waals surface area (Å²) in [5, 5.41) is 1.41. The number of sulfone groups is 1. The van der Waals surface area contributed by atoms with E-state index in [2.05, 4.69) is 4.98 Å². The molecule has 0 saturated carbocycles. The number of nitrogens with zero attached hydrogens (tertiary/aromatic N) is 1. The third-order valence-electron chi connectivity index (χ3n) is 1.86. The van der Waals surface area contributed by atoms with Crippen molar-refractivity contribution in [3.05, 3.63) is 11.1 Å². The van der Waals surface area contributed by atoms with Crippen LogP contribution in [0, 0.1) is 5.41 Å². The number of aromatic nitrogens is 1. The molecule has 1 aromatic heterocycles. The number of hydrogen-bond donors (Lipinski definition) is 0. The van der Waals surface area contributed by atoms with Crippen molar-refractivity contribution in [3.63, 3.8) is 0 Å². The number of esters is 1. The first-order valence-electron chi connectivity index (χ1n) is 5.51. The van der Waals surface area contributed by atoms with Crippen molar-refractivity contribution >= 4 is 27.1 Å². The van der Waals surface area contributed by atoms with Crippen molar-refractivity contribution in [2.45, 2.75) is 32.0 Å². The number of carbonyl (C=O) groups is 1. The first-order valence-corrected chi connectivity index (χ1v) is 8.04. The van der Waals surface area contributed by atoms with E-state index >= 15 is 0 Å². The Morgan fingerprint density at radius 3 is 2.56 bits per heavy atom. The van der Waals surface area contributed by atoms with Crippen LogP contribution in [0.25, 0.3) is 0 Å². The van der Waals surface area contributed by atoms with E-state index in [0.29, 0.717) is 0 Å². The third kappa shape index (κ3) is 4.06. The molecule has 1 heterocycles. The second-order valence-corrected chi connectivity index (χ2v) is 8.06. The Hall–Kier alpha value is -0.950. The summed E-state index contributed by atoms with van der Waals surface area (Å²) in [4.78, 5) is 15.2. The molecule has 0 aliphatic heterocycles. The summed E-state index contributed by atoms with van der Waals surface area (Å²) >= 11 is 0.951. The zero-order valence-electron chi connectivity index (χ0n) is 10.9. The number of thiazole rings is 1. The average molecular weight is 291 g/mol. The van der Waals surface area contributed by atoms with Crippen molar-refractivity contribution in [2.24, 2.45) is 5.41 Å². The van der Waals surface area contributed by atoms with Gasteiger partial charge in [0.05, 0.1) is 12.4 Å². The summed E-state index contributed by atoms with van der Waals surface area (Å²) in [6, 6.07) is 0. The van der Waals surface area contributed by atoms with E-state index in [4.69, 9.17) is 4.74 Å². The Kier molecular flexibility index (Phi) is 4.50. The van der Waals surface area contributed by atoms with Gasteiger partial charge in [0, 0.05) is 5.38 Å². The van der Waals surface area contributed by atoms with Crippen LogP contribution < -0.4 is 0 Å². The Bertz CT molecular complexity index is 525. The van der Waals surface area contributed by atoms with Gasteiger partial charge in [0.1, 0.15) is 0 Å². The molecule has 102 valence electrons. The topological polar surface area (TPSA) is 73.3 Å². The Morgan fingerprint density at radius 1 is 1.44 bits per heavy atom. The van der Waals surface area contributed by atoms with Crippen LogP contribution in [0.4, 0.5) is 0 Å². The van der Waals surface area contributed by atoms with Gasteiger partial charge in [-0.05, 0) is 12.3 Å². The molecular formula is C11H17NO4S2. The standard InChI is InChI=1S/C11H17NO4S2/c1-5-16-9(13)8-6-17-10(12-8)18(14,15)7-11(2,3)4/h6H,5,7H2,1-4H3. The minimum atomic E-state index is -3.45. The summed E-state index contributed by atoms with van der Waals surface area (Å²) in [5.41, 5.74) is -0.302.